The van der Waals surface area contributed by atoms with Crippen LogP contribution in [0, 0.1) is 11.8 Å². The quantitative estimate of drug-likeness (QED) is 0.552. The van der Waals surface area contributed by atoms with Gasteiger partial charge in [-0.2, -0.15) is 4.31 Å². The van der Waals surface area contributed by atoms with E-state index >= 15 is 0 Å². The SMILES string of the molecule is C[C@@H]1CN([C@@H](C)CO)C(=O)c2cccc(NC(=O)C3CC3)c2O[C@H]1CN(C)S(=O)(=O)c1cccs1. The molecule has 35 heavy (non-hydrogen) atoms. The average Bonchev–Trinajstić information content (AvgIpc) is 3.54. The summed E-state index contributed by atoms with van der Waals surface area (Å²) in [6.45, 7) is 3.74. The van der Waals surface area contributed by atoms with Gasteiger partial charge in [-0.3, -0.25) is 9.59 Å². The van der Waals surface area contributed by atoms with Crippen LogP contribution in [0.3, 0.4) is 0 Å². The Kier molecular flexibility index (Phi) is 7.51. The third-order valence-electron chi connectivity index (χ3n) is 6.49. The molecule has 3 atom stereocenters. The van der Waals surface area contributed by atoms with Gasteiger partial charge in [-0.15, -0.1) is 11.3 Å². The number of nitrogens with zero attached hydrogens (tertiary/aromatic N) is 2. The predicted octanol–water partition coefficient (Wildman–Crippen LogP) is 2.64. The highest BCUT2D eigenvalue weighted by molar-refractivity contribution is 7.91. The van der Waals surface area contributed by atoms with Crippen LogP contribution in [-0.2, 0) is 14.8 Å². The van der Waals surface area contributed by atoms with Crippen LogP contribution in [0.4, 0.5) is 5.69 Å². The van der Waals surface area contributed by atoms with Crippen LogP contribution in [0.1, 0.15) is 37.0 Å². The summed E-state index contributed by atoms with van der Waals surface area (Å²) >= 11 is 1.14. The highest BCUT2D eigenvalue weighted by atomic mass is 32.2. The number of ether oxygens (including phenoxy) is 1. The van der Waals surface area contributed by atoms with Gasteiger partial charge in [-0.25, -0.2) is 8.42 Å². The number of benzene rings is 1. The third-order valence-corrected chi connectivity index (χ3v) is 9.69. The minimum Gasteiger partial charge on any atom is -0.486 e. The Balaban J connectivity index is 1.71. The Hall–Kier alpha value is -2.47. The molecule has 1 aromatic heterocycles. The fraction of sp³-hybridized carbons (Fsp3) is 0.500. The van der Waals surface area contributed by atoms with Crippen molar-refractivity contribution in [2.24, 2.45) is 11.8 Å². The highest BCUT2D eigenvalue weighted by Gasteiger charge is 2.37. The first-order chi connectivity index (χ1) is 16.6. The molecule has 0 saturated heterocycles. The van der Waals surface area contributed by atoms with Gasteiger partial charge in [0.1, 0.15) is 10.3 Å². The largest absolute Gasteiger partial charge is 0.486 e. The van der Waals surface area contributed by atoms with Gasteiger partial charge in [0.2, 0.25) is 5.91 Å². The summed E-state index contributed by atoms with van der Waals surface area (Å²) in [5.41, 5.74) is 0.645. The number of carbonyl (C=O) groups excluding carboxylic acids is 2. The first kappa shape index (κ1) is 25.6. The number of anilines is 1. The van der Waals surface area contributed by atoms with Crippen molar-refractivity contribution in [2.75, 3.05) is 32.1 Å². The molecule has 1 aromatic carbocycles. The fourth-order valence-electron chi connectivity index (χ4n) is 4.06. The summed E-state index contributed by atoms with van der Waals surface area (Å²) in [4.78, 5) is 27.6. The predicted molar refractivity (Wildman–Crippen MR) is 133 cm³/mol. The topological polar surface area (TPSA) is 116 Å². The maximum absolute atomic E-state index is 13.5. The Morgan fingerprint density at radius 2 is 2.06 bits per heavy atom. The molecule has 2 amide bonds. The molecule has 4 rings (SSSR count). The summed E-state index contributed by atoms with van der Waals surface area (Å²) in [5, 5.41) is 14.4. The zero-order valence-corrected chi connectivity index (χ0v) is 21.6. The molecule has 1 fully saturated rings. The van der Waals surface area contributed by atoms with Gasteiger partial charge in [0, 0.05) is 25.4 Å². The molecule has 2 aliphatic rings. The fourth-order valence-corrected chi connectivity index (χ4v) is 6.44. The monoisotopic (exact) mass is 521 g/mol. The summed E-state index contributed by atoms with van der Waals surface area (Å²) in [6, 6.07) is 7.78. The molecule has 0 spiro atoms. The van der Waals surface area contributed by atoms with E-state index in [4.69, 9.17) is 4.74 Å². The van der Waals surface area contributed by atoms with Crippen molar-refractivity contribution in [1.29, 1.82) is 0 Å². The lowest BCUT2D eigenvalue weighted by Crippen LogP contribution is -2.50. The number of hydrogen-bond donors (Lipinski definition) is 2. The van der Waals surface area contributed by atoms with Crippen LogP contribution in [-0.4, -0.2) is 73.4 Å². The normalized spacial score (nSPS) is 21.6. The van der Waals surface area contributed by atoms with Crippen LogP contribution >= 0.6 is 11.3 Å². The lowest BCUT2D eigenvalue weighted by molar-refractivity contribution is -0.117. The van der Waals surface area contributed by atoms with E-state index in [2.05, 4.69) is 5.32 Å². The van der Waals surface area contributed by atoms with Gasteiger partial charge in [-0.05, 0) is 43.3 Å². The van der Waals surface area contributed by atoms with E-state index in [0.717, 1.165) is 24.2 Å². The number of nitrogens with one attached hydrogen (secondary N) is 1. The highest BCUT2D eigenvalue weighted by Crippen LogP contribution is 2.37. The first-order valence-corrected chi connectivity index (χ1v) is 14.0. The first-order valence-electron chi connectivity index (χ1n) is 11.7. The number of sulfonamides is 1. The molecule has 9 nitrogen and oxygen atoms in total. The van der Waals surface area contributed by atoms with Crippen molar-refractivity contribution in [2.45, 2.75) is 43.0 Å². The van der Waals surface area contributed by atoms with Gasteiger partial charge in [0.05, 0.1) is 30.4 Å². The lowest BCUT2D eigenvalue weighted by Gasteiger charge is -2.38. The van der Waals surface area contributed by atoms with E-state index < -0.39 is 22.2 Å². The van der Waals surface area contributed by atoms with E-state index in [-0.39, 0.29) is 58.9 Å². The Labute approximate surface area is 209 Å². The van der Waals surface area contributed by atoms with Gasteiger partial charge < -0.3 is 20.1 Å². The van der Waals surface area contributed by atoms with Gasteiger partial charge in [-0.1, -0.05) is 19.1 Å². The maximum Gasteiger partial charge on any atom is 0.258 e. The van der Waals surface area contributed by atoms with Crippen molar-refractivity contribution in [3.05, 3.63) is 41.3 Å². The molecule has 190 valence electrons. The number of aliphatic hydroxyl groups excluding tert-OH is 1. The minimum absolute atomic E-state index is 0.0429. The standard InChI is InChI=1S/C24H31N3O6S2/c1-15-12-27(16(2)14-28)24(30)18-6-4-7-19(25-23(29)17-9-10-17)22(18)33-20(15)13-26(3)35(31,32)21-8-5-11-34-21/h4-8,11,15-17,20,28H,9-10,12-14H2,1-3H3,(H,25,29)/t15-,16+,20+/m1/s1. The molecule has 0 unspecified atom stereocenters. The van der Waals surface area contributed by atoms with E-state index in [9.17, 15) is 23.1 Å². The van der Waals surface area contributed by atoms with Crippen molar-refractivity contribution < 1.29 is 27.9 Å². The molecule has 2 N–H and O–H groups in total. The second kappa shape index (κ2) is 10.3. The average molecular weight is 522 g/mol. The van der Waals surface area contributed by atoms with Crippen LogP contribution in [0.2, 0.25) is 0 Å². The second-order valence-electron chi connectivity index (χ2n) is 9.29. The third kappa shape index (κ3) is 5.37. The van der Waals surface area contributed by atoms with Gasteiger partial charge >= 0.3 is 0 Å². The number of rotatable bonds is 8. The number of hydrogen-bond acceptors (Lipinski definition) is 7. The van der Waals surface area contributed by atoms with E-state index in [1.807, 2.05) is 6.92 Å². The number of aliphatic hydroxyl groups is 1. The zero-order chi connectivity index (χ0) is 25.3. The molecule has 2 heterocycles. The van der Waals surface area contributed by atoms with Crippen LogP contribution in [0.15, 0.2) is 39.9 Å². The Bertz CT molecular complexity index is 1180. The molecule has 1 aliphatic carbocycles. The Morgan fingerprint density at radius 1 is 1.31 bits per heavy atom. The van der Waals surface area contributed by atoms with Crippen molar-refractivity contribution in [3.8, 4) is 5.75 Å². The molecule has 2 aromatic rings. The molecule has 0 bridgehead atoms. The van der Waals surface area contributed by atoms with Crippen molar-refractivity contribution in [3.63, 3.8) is 0 Å². The van der Waals surface area contributed by atoms with Crippen LogP contribution < -0.4 is 10.1 Å². The van der Waals surface area contributed by atoms with E-state index in [1.165, 1.54) is 11.4 Å². The molecule has 1 saturated carbocycles. The Morgan fingerprint density at radius 3 is 2.69 bits per heavy atom. The number of carbonyl (C=O) groups is 2. The number of fused-ring (bicyclic) bond motifs is 1. The smallest absolute Gasteiger partial charge is 0.258 e. The number of thiophene rings is 1. The minimum atomic E-state index is -3.71. The number of likely N-dealkylation sites (N-methyl/N-ethyl adjacent to an activating group) is 1. The molecule has 0 radical (unpaired) electrons. The van der Waals surface area contributed by atoms with Gasteiger partial charge in [0.15, 0.2) is 5.75 Å². The molecular weight excluding hydrogens is 490 g/mol. The second-order valence-corrected chi connectivity index (χ2v) is 12.5. The molecule has 1 aliphatic heterocycles. The number of para-hydroxylation sites is 1. The van der Waals surface area contributed by atoms with Crippen molar-refractivity contribution >= 4 is 38.9 Å². The van der Waals surface area contributed by atoms with E-state index in [1.54, 1.807) is 47.5 Å². The summed E-state index contributed by atoms with van der Waals surface area (Å²) in [5.74, 6) is -0.528. The molecule has 11 heteroatoms. The lowest BCUT2D eigenvalue weighted by atomic mass is 9.99. The van der Waals surface area contributed by atoms with Gasteiger partial charge in [0.25, 0.3) is 15.9 Å². The van der Waals surface area contributed by atoms with Crippen molar-refractivity contribution in [1.82, 2.24) is 9.21 Å². The zero-order valence-electron chi connectivity index (χ0n) is 20.0. The summed E-state index contributed by atoms with van der Waals surface area (Å²) in [7, 11) is -2.21. The van der Waals surface area contributed by atoms with E-state index in [0.29, 0.717) is 5.69 Å². The summed E-state index contributed by atoms with van der Waals surface area (Å²) in [6.07, 6.45) is 1.04. The van der Waals surface area contributed by atoms with Crippen LogP contribution in [0.25, 0.3) is 0 Å². The van der Waals surface area contributed by atoms with Crippen LogP contribution in [0.5, 0.6) is 5.75 Å². The summed E-state index contributed by atoms with van der Waals surface area (Å²) < 4.78 is 34.0. The number of amides is 2. The maximum atomic E-state index is 13.5. The molecular formula is C24H31N3O6S2.